The fourth-order valence-corrected chi connectivity index (χ4v) is 4.74. The van der Waals surface area contributed by atoms with E-state index in [-0.39, 0.29) is 23.1 Å². The molecule has 1 saturated heterocycles. The van der Waals surface area contributed by atoms with Crippen LogP contribution in [0, 0.1) is 19.7 Å². The van der Waals surface area contributed by atoms with Gasteiger partial charge in [-0.05, 0) is 32.4 Å². The summed E-state index contributed by atoms with van der Waals surface area (Å²) >= 11 is 0. The van der Waals surface area contributed by atoms with Gasteiger partial charge in [0.1, 0.15) is 5.82 Å². The van der Waals surface area contributed by atoms with Crippen LogP contribution in [0.3, 0.4) is 0 Å². The number of hydrazone groups is 1. The van der Waals surface area contributed by atoms with Crippen LogP contribution in [0.4, 0.5) is 4.39 Å². The number of amides is 1. The number of hydrogen-bond acceptors (Lipinski definition) is 5. The number of nitrogens with one attached hydrogen (secondary N) is 1. The first-order chi connectivity index (χ1) is 12.3. The molecule has 1 aliphatic rings. The van der Waals surface area contributed by atoms with Crippen molar-refractivity contribution >= 4 is 22.0 Å². The number of sulfone groups is 1. The predicted octanol–water partition coefficient (Wildman–Crippen LogP) is 1.76. The van der Waals surface area contributed by atoms with Gasteiger partial charge >= 0.3 is 0 Å². The van der Waals surface area contributed by atoms with Crippen molar-refractivity contribution in [3.8, 4) is 0 Å². The minimum Gasteiger partial charge on any atom is -0.267 e. The number of rotatable bonds is 4. The van der Waals surface area contributed by atoms with Crippen molar-refractivity contribution < 1.29 is 17.6 Å². The lowest BCUT2D eigenvalue weighted by Crippen LogP contribution is -2.19. The van der Waals surface area contributed by atoms with E-state index >= 15 is 0 Å². The van der Waals surface area contributed by atoms with E-state index in [1.807, 2.05) is 6.92 Å². The Balaban J connectivity index is 1.75. The lowest BCUT2D eigenvalue weighted by molar-refractivity contribution is 0.0951. The first-order valence-electron chi connectivity index (χ1n) is 8.12. The highest BCUT2D eigenvalue weighted by molar-refractivity contribution is 7.91. The first-order valence-corrected chi connectivity index (χ1v) is 9.94. The third kappa shape index (κ3) is 3.67. The zero-order chi connectivity index (χ0) is 18.9. The molecule has 1 aromatic heterocycles. The van der Waals surface area contributed by atoms with E-state index in [1.165, 1.54) is 24.4 Å². The molecular weight excluding hydrogens is 359 g/mol. The number of carbonyl (C=O) groups is 1. The molecule has 1 fully saturated rings. The summed E-state index contributed by atoms with van der Waals surface area (Å²) in [6.07, 6.45) is 1.97. The summed E-state index contributed by atoms with van der Waals surface area (Å²) in [6.45, 7) is 3.61. The molecule has 3 rings (SSSR count). The van der Waals surface area contributed by atoms with E-state index in [0.29, 0.717) is 17.7 Å². The van der Waals surface area contributed by atoms with Gasteiger partial charge in [-0.15, -0.1) is 0 Å². The Kier molecular flexibility index (Phi) is 4.90. The first kappa shape index (κ1) is 18.2. The maximum absolute atomic E-state index is 13.6. The van der Waals surface area contributed by atoms with E-state index in [0.717, 1.165) is 5.69 Å². The average Bonchev–Trinajstić information content (AvgIpc) is 3.08. The van der Waals surface area contributed by atoms with E-state index in [9.17, 15) is 17.6 Å². The van der Waals surface area contributed by atoms with Crippen LogP contribution in [0.5, 0.6) is 0 Å². The molecule has 7 nitrogen and oxygen atoms in total. The molecule has 138 valence electrons. The SMILES string of the molecule is Cc1nn([C@@H]2CCS(=O)(=O)C2)c(C)c1/C=N\NC(=O)c1ccccc1F. The second-order valence-corrected chi connectivity index (χ2v) is 8.49. The Morgan fingerprint density at radius 3 is 2.77 bits per heavy atom. The van der Waals surface area contributed by atoms with E-state index < -0.39 is 21.6 Å². The lowest BCUT2D eigenvalue weighted by atomic mass is 10.2. The Hall–Kier alpha value is -2.55. The third-order valence-electron chi connectivity index (χ3n) is 4.41. The van der Waals surface area contributed by atoms with Crippen LogP contribution in [0.1, 0.15) is 39.8 Å². The van der Waals surface area contributed by atoms with E-state index in [4.69, 9.17) is 0 Å². The molecule has 0 unspecified atom stereocenters. The van der Waals surface area contributed by atoms with Gasteiger partial charge in [0.05, 0.1) is 35.0 Å². The third-order valence-corrected chi connectivity index (χ3v) is 6.16. The molecule has 0 aliphatic carbocycles. The molecule has 9 heteroatoms. The molecule has 2 aromatic rings. The molecule has 0 saturated carbocycles. The highest BCUT2D eigenvalue weighted by atomic mass is 32.2. The second kappa shape index (κ2) is 6.99. The summed E-state index contributed by atoms with van der Waals surface area (Å²) in [7, 11) is -3.01. The summed E-state index contributed by atoms with van der Waals surface area (Å²) in [4.78, 5) is 12.0. The van der Waals surface area contributed by atoms with Gasteiger partial charge < -0.3 is 0 Å². The smallest absolute Gasteiger partial charge is 0.267 e. The van der Waals surface area contributed by atoms with E-state index in [1.54, 1.807) is 17.7 Å². The van der Waals surface area contributed by atoms with Gasteiger partial charge in [0.25, 0.3) is 5.91 Å². The van der Waals surface area contributed by atoms with Gasteiger partial charge in [-0.25, -0.2) is 18.2 Å². The van der Waals surface area contributed by atoms with Gasteiger partial charge in [-0.2, -0.15) is 10.2 Å². The van der Waals surface area contributed by atoms with Gasteiger partial charge in [0.2, 0.25) is 0 Å². The molecule has 0 radical (unpaired) electrons. The topological polar surface area (TPSA) is 93.4 Å². The molecule has 1 N–H and O–H groups in total. The fraction of sp³-hybridized carbons (Fsp3) is 0.353. The number of benzene rings is 1. The number of nitrogens with zero attached hydrogens (tertiary/aromatic N) is 3. The quantitative estimate of drug-likeness (QED) is 0.648. The van der Waals surface area contributed by atoms with Gasteiger partial charge in [-0.3, -0.25) is 9.48 Å². The zero-order valence-electron chi connectivity index (χ0n) is 14.4. The van der Waals surface area contributed by atoms with Gasteiger partial charge in [0.15, 0.2) is 9.84 Å². The highest BCUT2D eigenvalue weighted by Gasteiger charge is 2.31. The maximum atomic E-state index is 13.6. The lowest BCUT2D eigenvalue weighted by Gasteiger charge is -2.10. The molecule has 26 heavy (non-hydrogen) atoms. The number of aryl methyl sites for hydroxylation is 1. The van der Waals surface area contributed by atoms with E-state index in [2.05, 4.69) is 15.6 Å². The fourth-order valence-electron chi connectivity index (χ4n) is 3.05. The number of halogens is 1. The molecule has 1 amide bonds. The molecule has 1 aromatic carbocycles. The molecule has 2 heterocycles. The van der Waals surface area contributed by atoms with Crippen LogP contribution in [0.25, 0.3) is 0 Å². The normalized spacial score (nSPS) is 19.1. The van der Waals surface area contributed by atoms with Crippen molar-refractivity contribution in [1.82, 2.24) is 15.2 Å². The molecule has 1 aliphatic heterocycles. The number of carbonyl (C=O) groups excluding carboxylic acids is 1. The Labute approximate surface area is 150 Å². The Bertz CT molecular complexity index is 982. The monoisotopic (exact) mass is 378 g/mol. The summed E-state index contributed by atoms with van der Waals surface area (Å²) in [5.74, 6) is -1.03. The summed E-state index contributed by atoms with van der Waals surface area (Å²) in [6, 6.07) is 5.45. The van der Waals surface area contributed by atoms with Crippen molar-refractivity contribution in [3.05, 3.63) is 52.6 Å². The van der Waals surface area contributed by atoms with Crippen molar-refractivity contribution in [2.24, 2.45) is 5.10 Å². The highest BCUT2D eigenvalue weighted by Crippen LogP contribution is 2.26. The van der Waals surface area contributed by atoms with Crippen LogP contribution in [-0.4, -0.2) is 41.8 Å². The summed E-state index contributed by atoms with van der Waals surface area (Å²) < 4.78 is 38.7. The van der Waals surface area contributed by atoms with Crippen molar-refractivity contribution in [1.29, 1.82) is 0 Å². The van der Waals surface area contributed by atoms with Crippen molar-refractivity contribution in [2.45, 2.75) is 26.3 Å². The standard InChI is InChI=1S/C17H19FN4O3S/c1-11-15(9-19-20-17(23)14-5-3-4-6-16(14)18)12(2)22(21-11)13-7-8-26(24,25)10-13/h3-6,9,13H,7-8,10H2,1-2H3,(H,20,23)/b19-9-/t13-/m1/s1. The second-order valence-electron chi connectivity index (χ2n) is 6.26. The zero-order valence-corrected chi connectivity index (χ0v) is 15.3. The van der Waals surface area contributed by atoms with Crippen LogP contribution in [0.15, 0.2) is 29.4 Å². The molecule has 0 spiro atoms. The largest absolute Gasteiger partial charge is 0.274 e. The van der Waals surface area contributed by atoms with Gasteiger partial charge in [-0.1, -0.05) is 12.1 Å². The van der Waals surface area contributed by atoms with Crippen molar-refractivity contribution in [2.75, 3.05) is 11.5 Å². The maximum Gasteiger partial charge on any atom is 0.274 e. The van der Waals surface area contributed by atoms with Crippen LogP contribution < -0.4 is 5.43 Å². The molecule has 1 atom stereocenters. The Morgan fingerprint density at radius 1 is 1.38 bits per heavy atom. The van der Waals surface area contributed by atoms with Crippen LogP contribution in [0.2, 0.25) is 0 Å². The molecule has 0 bridgehead atoms. The Morgan fingerprint density at radius 2 is 2.12 bits per heavy atom. The van der Waals surface area contributed by atoms with Gasteiger partial charge in [0, 0.05) is 11.3 Å². The minimum absolute atomic E-state index is 0.0789. The summed E-state index contributed by atoms with van der Waals surface area (Å²) in [5, 5.41) is 8.30. The van der Waals surface area contributed by atoms with Crippen LogP contribution >= 0.6 is 0 Å². The number of aromatic nitrogens is 2. The summed E-state index contributed by atoms with van der Waals surface area (Å²) in [5.41, 5.74) is 4.35. The average molecular weight is 378 g/mol. The number of hydrogen-bond donors (Lipinski definition) is 1. The predicted molar refractivity (Wildman–Crippen MR) is 95.5 cm³/mol. The van der Waals surface area contributed by atoms with Crippen LogP contribution in [-0.2, 0) is 9.84 Å². The van der Waals surface area contributed by atoms with Crippen molar-refractivity contribution in [3.63, 3.8) is 0 Å². The minimum atomic E-state index is -3.01. The molecular formula is C17H19FN4O3S.